The molecule has 1 aromatic carbocycles. The fourth-order valence-electron chi connectivity index (χ4n) is 3.24. The molecule has 4 rings (SSSR count). The molecule has 1 aliphatic heterocycles. The van der Waals surface area contributed by atoms with Gasteiger partial charge in [-0.3, -0.25) is 0 Å². The number of hydrogen-bond donors (Lipinski definition) is 4. The minimum atomic E-state index is -1.25. The molecule has 2 aromatic heterocycles. The summed E-state index contributed by atoms with van der Waals surface area (Å²) in [7, 11) is 0. The van der Waals surface area contributed by atoms with Crippen LogP contribution in [-0.4, -0.2) is 60.0 Å². The van der Waals surface area contributed by atoms with Gasteiger partial charge in [0.1, 0.15) is 30.5 Å². The molecule has 0 radical (unpaired) electrons. The fraction of sp³-hybridized carbons (Fsp3) is 0.353. The van der Waals surface area contributed by atoms with Crippen molar-refractivity contribution in [3.05, 3.63) is 47.9 Å². The first kappa shape index (κ1) is 16.9. The number of hydrogen-bond acceptors (Lipinski definition) is 8. The second-order valence-corrected chi connectivity index (χ2v) is 6.24. The summed E-state index contributed by atoms with van der Waals surface area (Å²) >= 11 is 0. The van der Waals surface area contributed by atoms with E-state index in [2.05, 4.69) is 15.1 Å². The molecule has 1 fully saturated rings. The second kappa shape index (κ2) is 6.61. The molecule has 0 unspecified atom stereocenters. The third-order valence-electron chi connectivity index (χ3n) is 4.56. The van der Waals surface area contributed by atoms with Crippen LogP contribution in [-0.2, 0) is 11.2 Å². The Hall–Kier alpha value is -2.59. The van der Waals surface area contributed by atoms with E-state index in [4.69, 9.17) is 10.5 Å². The number of rotatable bonds is 4. The van der Waals surface area contributed by atoms with Crippen LogP contribution in [0, 0.1) is 0 Å². The lowest BCUT2D eigenvalue weighted by Gasteiger charge is -2.15. The third-order valence-corrected chi connectivity index (χ3v) is 4.56. The first-order valence-corrected chi connectivity index (χ1v) is 8.24. The number of nitrogens with zero attached hydrogens (tertiary/aromatic N) is 4. The van der Waals surface area contributed by atoms with E-state index in [0.29, 0.717) is 23.1 Å². The van der Waals surface area contributed by atoms with Crippen molar-refractivity contribution < 1.29 is 20.1 Å². The monoisotopic (exact) mass is 357 g/mol. The largest absolute Gasteiger partial charge is 0.394 e. The molecule has 1 saturated heterocycles. The Morgan fingerprint density at radius 3 is 2.58 bits per heavy atom. The van der Waals surface area contributed by atoms with Gasteiger partial charge in [0, 0.05) is 6.42 Å². The molecule has 0 bridgehead atoms. The Morgan fingerprint density at radius 1 is 1.12 bits per heavy atom. The van der Waals surface area contributed by atoms with Crippen molar-refractivity contribution in [3.8, 4) is 0 Å². The predicted octanol–water partition coefficient (Wildman–Crippen LogP) is -0.389. The van der Waals surface area contributed by atoms with E-state index in [0.717, 1.165) is 5.56 Å². The lowest BCUT2D eigenvalue weighted by atomic mass is 10.1. The average Bonchev–Trinajstić information content (AvgIpc) is 3.15. The van der Waals surface area contributed by atoms with Crippen molar-refractivity contribution in [2.75, 3.05) is 12.3 Å². The van der Waals surface area contributed by atoms with Crippen LogP contribution in [0.3, 0.4) is 0 Å². The zero-order valence-corrected chi connectivity index (χ0v) is 13.8. The number of aliphatic hydroxyl groups excluding tert-OH is 3. The highest BCUT2D eigenvalue weighted by molar-refractivity contribution is 5.88. The van der Waals surface area contributed by atoms with Crippen LogP contribution in [0.15, 0.2) is 36.7 Å². The number of anilines is 1. The Kier molecular flexibility index (Phi) is 4.29. The van der Waals surface area contributed by atoms with Crippen molar-refractivity contribution >= 4 is 16.9 Å². The van der Waals surface area contributed by atoms with Gasteiger partial charge in [0.15, 0.2) is 11.9 Å². The molecular formula is C17H19N5O4. The highest BCUT2D eigenvalue weighted by Gasteiger charge is 2.44. The van der Waals surface area contributed by atoms with Gasteiger partial charge in [-0.25, -0.2) is 14.6 Å². The maximum Gasteiger partial charge on any atom is 0.181 e. The molecule has 3 heterocycles. The molecule has 9 nitrogen and oxygen atoms in total. The van der Waals surface area contributed by atoms with Crippen LogP contribution in [0.5, 0.6) is 0 Å². The maximum absolute atomic E-state index is 10.3. The lowest BCUT2D eigenvalue weighted by molar-refractivity contribution is -0.0568. The number of aromatic nitrogens is 4. The standard InChI is InChI=1S/C17H19N5O4/c18-15-12-10(6-9-4-2-1-3-5-9)21-22(16(12)20-8-19-15)17-14(25)13(24)11(7-23)26-17/h1-5,8,11,13-14,17,23-25H,6-7H2,(H2,18,19,20)/t11-,13+,14-,17-/m1/s1. The summed E-state index contributed by atoms with van der Waals surface area (Å²) in [6.07, 6.45) is -2.55. The summed E-state index contributed by atoms with van der Waals surface area (Å²) in [6, 6.07) is 9.73. The quantitative estimate of drug-likeness (QED) is 0.495. The normalized spacial score (nSPS) is 25.8. The summed E-state index contributed by atoms with van der Waals surface area (Å²) in [4.78, 5) is 8.27. The third kappa shape index (κ3) is 2.71. The van der Waals surface area contributed by atoms with Crippen molar-refractivity contribution in [1.82, 2.24) is 19.7 Å². The molecule has 4 atom stereocenters. The second-order valence-electron chi connectivity index (χ2n) is 6.24. The van der Waals surface area contributed by atoms with E-state index >= 15 is 0 Å². The molecule has 0 spiro atoms. The molecule has 9 heteroatoms. The Morgan fingerprint density at radius 2 is 1.88 bits per heavy atom. The van der Waals surface area contributed by atoms with Crippen LogP contribution in [0.4, 0.5) is 5.82 Å². The van der Waals surface area contributed by atoms with E-state index in [1.165, 1.54) is 11.0 Å². The average molecular weight is 357 g/mol. The number of nitrogen functional groups attached to an aromatic ring is 1. The van der Waals surface area contributed by atoms with Gasteiger partial charge in [0.2, 0.25) is 0 Å². The van der Waals surface area contributed by atoms with E-state index in [-0.39, 0.29) is 5.82 Å². The molecule has 3 aromatic rings. The molecule has 1 aliphatic rings. The number of aliphatic hydroxyl groups is 3. The first-order chi connectivity index (χ1) is 12.6. The maximum atomic E-state index is 10.3. The highest BCUT2D eigenvalue weighted by Crippen LogP contribution is 2.33. The van der Waals surface area contributed by atoms with E-state index in [1.54, 1.807) is 0 Å². The molecule has 0 amide bonds. The molecular weight excluding hydrogens is 338 g/mol. The van der Waals surface area contributed by atoms with Gasteiger partial charge in [0.05, 0.1) is 17.7 Å². The number of benzene rings is 1. The van der Waals surface area contributed by atoms with Crippen molar-refractivity contribution in [3.63, 3.8) is 0 Å². The van der Waals surface area contributed by atoms with Crippen LogP contribution < -0.4 is 5.73 Å². The summed E-state index contributed by atoms with van der Waals surface area (Å²) in [6.45, 7) is -0.415. The Balaban J connectivity index is 1.80. The smallest absolute Gasteiger partial charge is 0.181 e. The number of fused-ring (bicyclic) bond motifs is 1. The first-order valence-electron chi connectivity index (χ1n) is 8.24. The van der Waals surface area contributed by atoms with E-state index in [9.17, 15) is 15.3 Å². The van der Waals surface area contributed by atoms with Gasteiger partial charge >= 0.3 is 0 Å². The van der Waals surface area contributed by atoms with E-state index < -0.39 is 31.1 Å². The SMILES string of the molecule is Nc1ncnc2c1c(Cc1ccccc1)nn2[C@@H]1O[C@H](CO)[C@H](O)[C@H]1O. The zero-order valence-electron chi connectivity index (χ0n) is 13.8. The van der Waals surface area contributed by atoms with Crippen LogP contribution in [0.25, 0.3) is 11.0 Å². The lowest BCUT2D eigenvalue weighted by Crippen LogP contribution is -2.33. The minimum Gasteiger partial charge on any atom is -0.394 e. The van der Waals surface area contributed by atoms with Crippen LogP contribution >= 0.6 is 0 Å². The van der Waals surface area contributed by atoms with Gasteiger partial charge in [-0.1, -0.05) is 30.3 Å². The van der Waals surface area contributed by atoms with Gasteiger partial charge in [0.25, 0.3) is 0 Å². The van der Waals surface area contributed by atoms with Crippen molar-refractivity contribution in [2.24, 2.45) is 0 Å². The summed E-state index contributed by atoms with van der Waals surface area (Å²) in [5, 5.41) is 34.8. The van der Waals surface area contributed by atoms with Crippen molar-refractivity contribution in [1.29, 1.82) is 0 Å². The predicted molar refractivity (Wildman–Crippen MR) is 92.0 cm³/mol. The van der Waals surface area contributed by atoms with Gasteiger partial charge in [-0.15, -0.1) is 0 Å². The molecule has 5 N–H and O–H groups in total. The summed E-state index contributed by atoms with van der Waals surface area (Å²) in [5.74, 6) is 0.277. The van der Waals surface area contributed by atoms with Gasteiger partial charge < -0.3 is 25.8 Å². The van der Waals surface area contributed by atoms with Crippen LogP contribution in [0.2, 0.25) is 0 Å². The molecule has 136 valence electrons. The molecule has 26 heavy (non-hydrogen) atoms. The van der Waals surface area contributed by atoms with E-state index in [1.807, 2.05) is 30.3 Å². The minimum absolute atomic E-state index is 0.277. The highest BCUT2D eigenvalue weighted by atomic mass is 16.6. The number of nitrogens with two attached hydrogens (primary N) is 1. The summed E-state index contributed by atoms with van der Waals surface area (Å²) < 4.78 is 6.98. The fourth-order valence-corrected chi connectivity index (χ4v) is 3.24. The summed E-state index contributed by atoms with van der Waals surface area (Å²) in [5.41, 5.74) is 8.11. The van der Waals surface area contributed by atoms with Gasteiger partial charge in [-0.05, 0) is 5.56 Å². The zero-order chi connectivity index (χ0) is 18.3. The molecule has 0 saturated carbocycles. The van der Waals surface area contributed by atoms with Gasteiger partial charge in [-0.2, -0.15) is 5.10 Å². The van der Waals surface area contributed by atoms with Crippen molar-refractivity contribution in [2.45, 2.75) is 31.0 Å². The number of ether oxygens (including phenoxy) is 1. The van der Waals surface area contributed by atoms with Crippen LogP contribution in [0.1, 0.15) is 17.5 Å². The molecule has 0 aliphatic carbocycles. The Labute approximate surface area is 148 Å². The topological polar surface area (TPSA) is 140 Å². The Bertz CT molecular complexity index is 916.